The zero-order chi connectivity index (χ0) is 36.3. The van der Waals surface area contributed by atoms with Crippen LogP contribution in [-0.4, -0.2) is 0 Å². The summed E-state index contributed by atoms with van der Waals surface area (Å²) in [7, 11) is 0. The molecular formula is C52H33NO2. The second-order valence-corrected chi connectivity index (χ2v) is 14.2. The lowest BCUT2D eigenvalue weighted by molar-refractivity contribution is 0.668. The van der Waals surface area contributed by atoms with Gasteiger partial charge in [-0.25, -0.2) is 0 Å². The molecule has 0 amide bonds. The van der Waals surface area contributed by atoms with Crippen molar-refractivity contribution in [1.29, 1.82) is 0 Å². The number of anilines is 3. The lowest BCUT2D eigenvalue weighted by Gasteiger charge is -2.26. The van der Waals surface area contributed by atoms with E-state index in [0.717, 1.165) is 83.2 Å². The molecule has 9 aromatic carbocycles. The average molecular weight is 704 g/mol. The Kier molecular flexibility index (Phi) is 7.17. The van der Waals surface area contributed by atoms with Gasteiger partial charge in [0.05, 0.1) is 0 Å². The van der Waals surface area contributed by atoms with Crippen LogP contribution in [0.15, 0.2) is 209 Å². The standard InChI is InChI=1S/C52H33NO2/c1-2-8-38-31-39(14-13-34(38)7-1)35-15-23-42(24-16-35)53(43-25-17-36(18-26-43)40-21-29-51-47(32-40)45-9-3-5-11-49(45)54-51)44-27-19-37(20-28-44)41-22-30-52-48(33-41)46-10-4-6-12-50(46)55-52/h1-33H. The maximum Gasteiger partial charge on any atom is 0.135 e. The molecule has 0 saturated heterocycles. The van der Waals surface area contributed by atoms with Crippen molar-refractivity contribution in [2.75, 3.05) is 4.90 Å². The third-order valence-electron chi connectivity index (χ3n) is 10.9. The number of hydrogen-bond acceptors (Lipinski definition) is 3. The predicted molar refractivity (Wildman–Crippen MR) is 229 cm³/mol. The second-order valence-electron chi connectivity index (χ2n) is 14.2. The molecule has 11 rings (SSSR count). The third-order valence-corrected chi connectivity index (χ3v) is 10.9. The van der Waals surface area contributed by atoms with Crippen LogP contribution in [0.25, 0.3) is 88.0 Å². The molecule has 55 heavy (non-hydrogen) atoms. The molecule has 0 aliphatic carbocycles. The van der Waals surface area contributed by atoms with Gasteiger partial charge in [0, 0.05) is 38.6 Å². The number of rotatable bonds is 6. The second kappa shape index (κ2) is 12.6. The summed E-state index contributed by atoms with van der Waals surface area (Å²) >= 11 is 0. The Morgan fingerprint density at radius 3 is 1.11 bits per heavy atom. The highest BCUT2D eigenvalue weighted by molar-refractivity contribution is 6.07. The summed E-state index contributed by atoms with van der Waals surface area (Å²) in [6.07, 6.45) is 0. The molecule has 258 valence electrons. The van der Waals surface area contributed by atoms with Crippen molar-refractivity contribution in [2.24, 2.45) is 0 Å². The SMILES string of the molecule is c1ccc2cc(-c3ccc(N(c4ccc(-c5ccc6oc7ccccc7c6c5)cc4)c4ccc(-c5ccc6oc7ccccc7c6c5)cc4)cc3)ccc2c1. The van der Waals surface area contributed by atoms with Gasteiger partial charge in [-0.05, 0) is 123 Å². The lowest BCUT2D eigenvalue weighted by Crippen LogP contribution is -2.09. The van der Waals surface area contributed by atoms with Gasteiger partial charge in [0.25, 0.3) is 0 Å². The van der Waals surface area contributed by atoms with Gasteiger partial charge in [0.2, 0.25) is 0 Å². The van der Waals surface area contributed by atoms with Crippen LogP contribution < -0.4 is 4.90 Å². The van der Waals surface area contributed by atoms with Crippen LogP contribution in [0.4, 0.5) is 17.1 Å². The van der Waals surface area contributed by atoms with E-state index >= 15 is 0 Å². The summed E-state index contributed by atoms with van der Waals surface area (Å²) in [5.74, 6) is 0. The molecule has 0 radical (unpaired) electrons. The van der Waals surface area contributed by atoms with E-state index in [4.69, 9.17) is 8.83 Å². The summed E-state index contributed by atoms with van der Waals surface area (Å²) in [5.41, 5.74) is 13.9. The molecule has 0 saturated carbocycles. The van der Waals surface area contributed by atoms with Crippen molar-refractivity contribution in [3.8, 4) is 33.4 Å². The Morgan fingerprint density at radius 2 is 0.618 bits per heavy atom. The topological polar surface area (TPSA) is 29.5 Å². The molecule has 0 aliphatic rings. The molecule has 0 fully saturated rings. The number of para-hydroxylation sites is 2. The number of furan rings is 2. The van der Waals surface area contributed by atoms with Crippen LogP contribution >= 0.6 is 0 Å². The van der Waals surface area contributed by atoms with Gasteiger partial charge < -0.3 is 13.7 Å². The molecule has 0 unspecified atom stereocenters. The summed E-state index contributed by atoms with van der Waals surface area (Å²) in [6, 6.07) is 71.2. The molecule has 2 aromatic heterocycles. The van der Waals surface area contributed by atoms with Crippen molar-refractivity contribution in [3.63, 3.8) is 0 Å². The minimum absolute atomic E-state index is 0.904. The fourth-order valence-electron chi connectivity index (χ4n) is 8.04. The minimum Gasteiger partial charge on any atom is -0.456 e. The van der Waals surface area contributed by atoms with Gasteiger partial charge in [-0.2, -0.15) is 0 Å². The highest BCUT2D eigenvalue weighted by Gasteiger charge is 2.15. The largest absolute Gasteiger partial charge is 0.456 e. The highest BCUT2D eigenvalue weighted by Crippen LogP contribution is 2.40. The van der Waals surface area contributed by atoms with E-state index in [1.165, 1.54) is 21.9 Å². The first kappa shape index (κ1) is 31.2. The highest BCUT2D eigenvalue weighted by atomic mass is 16.3. The molecular weight excluding hydrogens is 671 g/mol. The molecule has 3 nitrogen and oxygen atoms in total. The third kappa shape index (κ3) is 5.45. The van der Waals surface area contributed by atoms with Crippen molar-refractivity contribution in [2.45, 2.75) is 0 Å². The fourth-order valence-corrected chi connectivity index (χ4v) is 8.04. The van der Waals surface area contributed by atoms with Gasteiger partial charge >= 0.3 is 0 Å². The number of benzene rings is 9. The van der Waals surface area contributed by atoms with E-state index in [1.807, 2.05) is 24.3 Å². The van der Waals surface area contributed by atoms with Crippen LogP contribution in [0.1, 0.15) is 0 Å². The maximum absolute atomic E-state index is 6.11. The van der Waals surface area contributed by atoms with Gasteiger partial charge in [-0.3, -0.25) is 0 Å². The Labute approximate surface area is 317 Å². The van der Waals surface area contributed by atoms with Crippen LogP contribution in [0.5, 0.6) is 0 Å². The van der Waals surface area contributed by atoms with Gasteiger partial charge in [0.15, 0.2) is 0 Å². The quantitative estimate of drug-likeness (QED) is 0.173. The first-order chi connectivity index (χ1) is 27.2. The van der Waals surface area contributed by atoms with E-state index in [-0.39, 0.29) is 0 Å². The predicted octanol–water partition coefficient (Wildman–Crippen LogP) is 15.1. The van der Waals surface area contributed by atoms with Gasteiger partial charge in [-0.15, -0.1) is 0 Å². The molecule has 0 N–H and O–H groups in total. The van der Waals surface area contributed by atoms with E-state index in [0.29, 0.717) is 0 Å². The zero-order valence-corrected chi connectivity index (χ0v) is 29.8. The Bertz CT molecular complexity index is 3030. The monoisotopic (exact) mass is 703 g/mol. The Hall–Kier alpha value is -7.36. The number of hydrogen-bond donors (Lipinski definition) is 0. The fraction of sp³-hybridized carbons (Fsp3) is 0. The maximum atomic E-state index is 6.11. The van der Waals surface area contributed by atoms with E-state index in [2.05, 4.69) is 181 Å². The first-order valence-electron chi connectivity index (χ1n) is 18.6. The normalized spacial score (nSPS) is 11.6. The van der Waals surface area contributed by atoms with Crippen molar-refractivity contribution >= 4 is 71.7 Å². The minimum atomic E-state index is 0.904. The molecule has 0 aliphatic heterocycles. The molecule has 0 bridgehead atoms. The van der Waals surface area contributed by atoms with Gasteiger partial charge in [0.1, 0.15) is 22.3 Å². The Balaban J connectivity index is 0.970. The van der Waals surface area contributed by atoms with E-state index in [9.17, 15) is 0 Å². The molecule has 3 heteroatoms. The molecule has 0 spiro atoms. The van der Waals surface area contributed by atoms with Crippen molar-refractivity contribution < 1.29 is 8.83 Å². The van der Waals surface area contributed by atoms with E-state index < -0.39 is 0 Å². The first-order valence-corrected chi connectivity index (χ1v) is 18.6. The summed E-state index contributed by atoms with van der Waals surface area (Å²) in [4.78, 5) is 2.33. The summed E-state index contributed by atoms with van der Waals surface area (Å²) in [5, 5.41) is 7.02. The van der Waals surface area contributed by atoms with Crippen molar-refractivity contribution in [3.05, 3.63) is 200 Å². The van der Waals surface area contributed by atoms with E-state index in [1.54, 1.807) is 0 Å². The average Bonchev–Trinajstić information content (AvgIpc) is 3.82. The van der Waals surface area contributed by atoms with Crippen LogP contribution in [0, 0.1) is 0 Å². The van der Waals surface area contributed by atoms with Crippen LogP contribution in [-0.2, 0) is 0 Å². The summed E-state index contributed by atoms with van der Waals surface area (Å²) < 4.78 is 12.2. The molecule has 11 aromatic rings. The lowest BCUT2D eigenvalue weighted by atomic mass is 10.00. The van der Waals surface area contributed by atoms with Gasteiger partial charge in [-0.1, -0.05) is 121 Å². The van der Waals surface area contributed by atoms with Crippen LogP contribution in [0.3, 0.4) is 0 Å². The van der Waals surface area contributed by atoms with Crippen molar-refractivity contribution in [1.82, 2.24) is 0 Å². The number of fused-ring (bicyclic) bond motifs is 7. The molecule has 0 atom stereocenters. The zero-order valence-electron chi connectivity index (χ0n) is 29.8. The summed E-state index contributed by atoms with van der Waals surface area (Å²) in [6.45, 7) is 0. The van der Waals surface area contributed by atoms with Crippen LogP contribution in [0.2, 0.25) is 0 Å². The molecule has 2 heterocycles. The Morgan fingerprint density at radius 1 is 0.255 bits per heavy atom. The number of nitrogens with zero attached hydrogens (tertiary/aromatic N) is 1. The smallest absolute Gasteiger partial charge is 0.135 e.